The Labute approximate surface area is 191 Å². The molecule has 1 amide bonds. The molecule has 166 valence electrons. The van der Waals surface area contributed by atoms with Gasteiger partial charge in [-0.15, -0.1) is 5.10 Å². The highest BCUT2D eigenvalue weighted by Crippen LogP contribution is 2.35. The lowest BCUT2D eigenvalue weighted by molar-refractivity contribution is -0.140. The van der Waals surface area contributed by atoms with Crippen molar-refractivity contribution in [3.8, 4) is 0 Å². The normalized spacial score (nSPS) is 17.9. The standard InChI is InChI=1S/C23H17ClN4O5/c1-12-2-4-18-16(6-12)21(30)22(31)28(18)10-15-9-27(26-25-15)11-19(29)17-8-13-7-14(24)3-5-20(13)33-23(17)32/h2-5,7-9,16H,6,10-11H2,1H3. The summed E-state index contributed by atoms with van der Waals surface area (Å²) in [6, 6.07) is 6.19. The van der Waals surface area contributed by atoms with Crippen molar-refractivity contribution in [2.75, 3.05) is 0 Å². The van der Waals surface area contributed by atoms with E-state index in [0.29, 0.717) is 33.8 Å². The summed E-state index contributed by atoms with van der Waals surface area (Å²) in [6.07, 6.45) is 5.70. The van der Waals surface area contributed by atoms with E-state index in [9.17, 15) is 19.2 Å². The highest BCUT2D eigenvalue weighted by Gasteiger charge is 2.44. The number of hydrogen-bond donors (Lipinski definition) is 0. The van der Waals surface area contributed by atoms with Gasteiger partial charge in [-0.1, -0.05) is 28.5 Å². The lowest BCUT2D eigenvalue weighted by atomic mass is 9.91. The monoisotopic (exact) mass is 464 g/mol. The molecule has 3 heterocycles. The van der Waals surface area contributed by atoms with Crippen LogP contribution < -0.4 is 5.63 Å². The van der Waals surface area contributed by atoms with E-state index in [4.69, 9.17) is 16.0 Å². The Bertz CT molecular complexity index is 1470. The maximum Gasteiger partial charge on any atom is 0.347 e. The van der Waals surface area contributed by atoms with Gasteiger partial charge < -0.3 is 9.32 Å². The van der Waals surface area contributed by atoms with Crippen molar-refractivity contribution in [3.63, 3.8) is 0 Å². The van der Waals surface area contributed by atoms with Gasteiger partial charge in [-0.25, -0.2) is 9.48 Å². The van der Waals surface area contributed by atoms with Gasteiger partial charge >= 0.3 is 5.63 Å². The van der Waals surface area contributed by atoms with E-state index in [2.05, 4.69) is 10.3 Å². The average molecular weight is 465 g/mol. The van der Waals surface area contributed by atoms with E-state index in [1.54, 1.807) is 24.3 Å². The number of rotatable bonds is 5. The lowest BCUT2D eigenvalue weighted by Crippen LogP contribution is -2.26. The van der Waals surface area contributed by atoms with Crippen LogP contribution in [0.3, 0.4) is 0 Å². The van der Waals surface area contributed by atoms with Crippen molar-refractivity contribution in [3.05, 3.63) is 80.6 Å². The number of ketones is 2. The number of Topliss-reactive ketones (excluding diaryl/α,β-unsaturated/α-hetero) is 2. The fourth-order valence-electron chi connectivity index (χ4n) is 4.08. The van der Waals surface area contributed by atoms with Crippen LogP contribution >= 0.6 is 11.6 Å². The molecule has 1 aromatic carbocycles. The molecule has 10 heteroatoms. The maximum absolute atomic E-state index is 12.7. The second-order valence-corrected chi connectivity index (χ2v) is 8.51. The number of allylic oxidation sites excluding steroid dienone is 4. The zero-order valence-corrected chi connectivity index (χ0v) is 18.2. The van der Waals surface area contributed by atoms with Gasteiger partial charge in [0.1, 0.15) is 23.4 Å². The zero-order valence-electron chi connectivity index (χ0n) is 17.4. The van der Waals surface area contributed by atoms with Crippen LogP contribution in [0.1, 0.15) is 29.4 Å². The Kier molecular flexibility index (Phi) is 5.05. The van der Waals surface area contributed by atoms with Crippen LogP contribution in [0.5, 0.6) is 0 Å². The van der Waals surface area contributed by atoms with Gasteiger partial charge in [0.05, 0.1) is 18.7 Å². The Morgan fingerprint density at radius 3 is 2.85 bits per heavy atom. The van der Waals surface area contributed by atoms with Gasteiger partial charge in [0.15, 0.2) is 5.78 Å². The van der Waals surface area contributed by atoms with E-state index >= 15 is 0 Å². The number of amides is 1. The molecule has 2 aliphatic rings. The fraction of sp³-hybridized carbons (Fsp3) is 0.217. The first-order valence-corrected chi connectivity index (χ1v) is 10.6. The smallest absolute Gasteiger partial charge is 0.347 e. The molecule has 0 radical (unpaired) electrons. The van der Waals surface area contributed by atoms with Gasteiger partial charge in [0.2, 0.25) is 5.78 Å². The molecule has 0 bridgehead atoms. The molecule has 1 atom stereocenters. The SMILES string of the molecule is CC1=CC=C2C(C1)C(=O)C(=O)N2Cc1cn(CC(=O)c2cc3cc(Cl)ccc3oc2=O)nn1. The summed E-state index contributed by atoms with van der Waals surface area (Å²) in [5, 5.41) is 8.92. The van der Waals surface area contributed by atoms with Gasteiger partial charge in [0, 0.05) is 16.1 Å². The molecular formula is C23H17ClN4O5. The van der Waals surface area contributed by atoms with Crippen molar-refractivity contribution in [1.82, 2.24) is 19.9 Å². The predicted molar refractivity (Wildman–Crippen MR) is 117 cm³/mol. The number of carbonyl (C=O) groups is 3. The molecule has 0 N–H and O–H groups in total. The van der Waals surface area contributed by atoms with E-state index < -0.39 is 29.0 Å². The number of hydrogen-bond acceptors (Lipinski definition) is 7. The average Bonchev–Trinajstić information content (AvgIpc) is 3.31. The number of benzene rings is 1. The quantitative estimate of drug-likeness (QED) is 0.324. The first-order valence-electron chi connectivity index (χ1n) is 10.2. The van der Waals surface area contributed by atoms with Crippen LogP contribution in [0.15, 0.2) is 63.1 Å². The first kappa shape index (κ1) is 21.0. The molecule has 33 heavy (non-hydrogen) atoms. The van der Waals surface area contributed by atoms with Crippen molar-refractivity contribution < 1.29 is 18.8 Å². The summed E-state index contributed by atoms with van der Waals surface area (Å²) < 4.78 is 6.49. The minimum absolute atomic E-state index is 0.0601. The van der Waals surface area contributed by atoms with Crippen molar-refractivity contribution in [2.24, 2.45) is 5.92 Å². The fourth-order valence-corrected chi connectivity index (χ4v) is 4.26. The number of nitrogens with zero attached hydrogens (tertiary/aromatic N) is 4. The summed E-state index contributed by atoms with van der Waals surface area (Å²) in [5.74, 6) is -1.98. The number of fused-ring (bicyclic) bond motifs is 2. The molecule has 2 aromatic heterocycles. The molecule has 1 aliphatic heterocycles. The van der Waals surface area contributed by atoms with Gasteiger partial charge in [-0.3, -0.25) is 14.4 Å². The first-order chi connectivity index (χ1) is 15.8. The second kappa shape index (κ2) is 7.93. The molecule has 9 nitrogen and oxygen atoms in total. The number of likely N-dealkylation sites (tertiary alicyclic amines) is 1. The molecule has 1 saturated heterocycles. The van der Waals surface area contributed by atoms with Crippen LogP contribution in [0.4, 0.5) is 0 Å². The zero-order chi connectivity index (χ0) is 23.3. The highest BCUT2D eigenvalue weighted by molar-refractivity contribution is 6.40. The van der Waals surface area contributed by atoms with Gasteiger partial charge in [-0.2, -0.15) is 0 Å². The molecule has 3 aromatic rings. The lowest BCUT2D eigenvalue weighted by Gasteiger charge is -2.20. The maximum atomic E-state index is 12.7. The largest absolute Gasteiger partial charge is 0.422 e. The Balaban J connectivity index is 1.34. The minimum Gasteiger partial charge on any atom is -0.422 e. The number of halogens is 1. The summed E-state index contributed by atoms with van der Waals surface area (Å²) in [5.41, 5.74) is 1.54. The molecular weight excluding hydrogens is 448 g/mol. The Morgan fingerprint density at radius 2 is 2.03 bits per heavy atom. The van der Waals surface area contributed by atoms with Crippen molar-refractivity contribution in [2.45, 2.75) is 26.4 Å². The Morgan fingerprint density at radius 1 is 1.21 bits per heavy atom. The predicted octanol–water partition coefficient (Wildman–Crippen LogP) is 2.68. The molecule has 1 aliphatic carbocycles. The van der Waals surface area contributed by atoms with Crippen LogP contribution in [-0.4, -0.2) is 37.4 Å². The van der Waals surface area contributed by atoms with Gasteiger partial charge in [0.25, 0.3) is 5.91 Å². The van der Waals surface area contributed by atoms with Crippen LogP contribution in [0.2, 0.25) is 5.02 Å². The number of carbonyl (C=O) groups excluding carboxylic acids is 3. The van der Waals surface area contributed by atoms with Gasteiger partial charge in [-0.05, 0) is 43.7 Å². The third-order valence-electron chi connectivity index (χ3n) is 5.71. The Hall–Kier alpha value is -3.85. The van der Waals surface area contributed by atoms with Crippen molar-refractivity contribution in [1.29, 1.82) is 0 Å². The molecule has 1 unspecified atom stereocenters. The van der Waals surface area contributed by atoms with Crippen LogP contribution in [0, 0.1) is 5.92 Å². The summed E-state index contributed by atoms with van der Waals surface area (Å²) in [6.45, 7) is 1.73. The topological polar surface area (TPSA) is 115 Å². The van der Waals surface area contributed by atoms with E-state index in [-0.39, 0.29) is 18.7 Å². The number of aromatic nitrogens is 3. The van der Waals surface area contributed by atoms with Crippen LogP contribution in [-0.2, 0) is 22.7 Å². The van der Waals surface area contributed by atoms with Crippen molar-refractivity contribution >= 4 is 40.0 Å². The summed E-state index contributed by atoms with van der Waals surface area (Å²) >= 11 is 5.98. The van der Waals surface area contributed by atoms with E-state index in [1.807, 2.05) is 13.0 Å². The molecule has 1 fully saturated rings. The third-order valence-corrected chi connectivity index (χ3v) is 5.95. The van der Waals surface area contributed by atoms with E-state index in [0.717, 1.165) is 5.57 Å². The molecule has 0 saturated carbocycles. The summed E-state index contributed by atoms with van der Waals surface area (Å²) in [7, 11) is 0. The highest BCUT2D eigenvalue weighted by atomic mass is 35.5. The third kappa shape index (κ3) is 3.80. The molecule has 0 spiro atoms. The second-order valence-electron chi connectivity index (χ2n) is 8.08. The minimum atomic E-state index is -0.755. The van der Waals surface area contributed by atoms with Crippen LogP contribution in [0.25, 0.3) is 11.0 Å². The summed E-state index contributed by atoms with van der Waals surface area (Å²) in [4.78, 5) is 51.2. The molecule has 5 rings (SSSR count). The van der Waals surface area contributed by atoms with E-state index in [1.165, 1.54) is 21.8 Å².